The number of hydrogen-bond acceptors (Lipinski definition) is 4. The minimum absolute atomic E-state index is 0.534. The molecule has 0 saturated carbocycles. The largest absolute Gasteiger partial charge is 0.452 e. The minimum Gasteiger partial charge on any atom is -0.452 e. The third-order valence-electron chi connectivity index (χ3n) is 1.21. The molecule has 0 aromatic heterocycles. The highest BCUT2D eigenvalue weighted by Crippen LogP contribution is 2.36. The number of methoxy groups -OCH3 is 1. The van der Waals surface area contributed by atoms with E-state index in [4.69, 9.17) is 23.2 Å². The van der Waals surface area contributed by atoms with Gasteiger partial charge in [0.15, 0.2) is 0 Å². The number of amides is 2. The average molecular weight is 230 g/mol. The number of nitrogens with zero attached hydrogens (tertiary/aromatic N) is 1. The van der Waals surface area contributed by atoms with Gasteiger partial charge in [-0.05, 0) is 11.9 Å². The van der Waals surface area contributed by atoms with Crippen LogP contribution in [0.4, 0.5) is 4.79 Å². The number of carbonyl (C=O) groups is 2. The van der Waals surface area contributed by atoms with Crippen LogP contribution in [-0.4, -0.2) is 33.5 Å². The maximum atomic E-state index is 11.1. The van der Waals surface area contributed by atoms with E-state index in [-0.39, 0.29) is 0 Å². The summed E-state index contributed by atoms with van der Waals surface area (Å²) in [5, 5.41) is -0.865. The lowest BCUT2D eigenvalue weighted by Gasteiger charge is -2.08. The van der Waals surface area contributed by atoms with Crippen molar-refractivity contribution in [1.29, 1.82) is 0 Å². The lowest BCUT2D eigenvalue weighted by Crippen LogP contribution is -2.30. The Labute approximate surface area is 83.3 Å². The molecule has 7 heteroatoms. The normalized spacial score (nSPS) is 29.2. The molecule has 4 nitrogen and oxygen atoms in total. The van der Waals surface area contributed by atoms with Crippen molar-refractivity contribution in [3.8, 4) is 0 Å². The van der Waals surface area contributed by atoms with Crippen LogP contribution < -0.4 is 0 Å². The standard InChI is InChI=1S/C5H5Cl2NO3S/c1-11-5(10)8-4(9)2(6)3(7)12-8/h2-3H,1H3. The highest BCUT2D eigenvalue weighted by atomic mass is 35.5. The van der Waals surface area contributed by atoms with Crippen molar-refractivity contribution in [3.63, 3.8) is 0 Å². The summed E-state index contributed by atoms with van der Waals surface area (Å²) in [7, 11) is 1.18. The molecule has 0 aromatic rings. The SMILES string of the molecule is COC(=O)N1SC(Cl)C(Cl)C1=O. The van der Waals surface area contributed by atoms with Gasteiger partial charge in [-0.25, -0.2) is 4.79 Å². The molecule has 0 aliphatic carbocycles. The number of ether oxygens (including phenoxy) is 1. The molecule has 0 N–H and O–H groups in total. The molecular formula is C5H5Cl2NO3S. The van der Waals surface area contributed by atoms with Gasteiger partial charge in [0.25, 0.3) is 5.91 Å². The van der Waals surface area contributed by atoms with E-state index in [1.54, 1.807) is 0 Å². The highest BCUT2D eigenvalue weighted by Gasteiger charge is 2.43. The Kier molecular flexibility index (Phi) is 3.09. The molecule has 12 heavy (non-hydrogen) atoms. The summed E-state index contributed by atoms with van der Waals surface area (Å²) in [5.41, 5.74) is 0. The molecule has 0 aromatic carbocycles. The summed E-state index contributed by atoms with van der Waals surface area (Å²) in [4.78, 5) is 22.0. The summed E-state index contributed by atoms with van der Waals surface area (Å²) < 4.78 is 4.53. The van der Waals surface area contributed by atoms with Crippen LogP contribution in [0.5, 0.6) is 0 Å². The van der Waals surface area contributed by atoms with Gasteiger partial charge in [-0.1, -0.05) is 0 Å². The van der Waals surface area contributed by atoms with Crippen LogP contribution >= 0.6 is 35.1 Å². The maximum absolute atomic E-state index is 11.1. The van der Waals surface area contributed by atoms with Crippen LogP contribution in [0.2, 0.25) is 0 Å². The average Bonchev–Trinajstić information content (AvgIpc) is 2.32. The number of hydrogen-bond donors (Lipinski definition) is 0. The molecule has 2 unspecified atom stereocenters. The van der Waals surface area contributed by atoms with Gasteiger partial charge in [0.1, 0.15) is 10.1 Å². The second-order valence-electron chi connectivity index (χ2n) is 1.96. The summed E-state index contributed by atoms with van der Waals surface area (Å²) in [5.74, 6) is -0.534. The zero-order valence-corrected chi connectivity index (χ0v) is 8.32. The van der Waals surface area contributed by atoms with Crippen LogP contribution in [0.1, 0.15) is 0 Å². The number of rotatable bonds is 0. The Morgan fingerprint density at radius 3 is 2.58 bits per heavy atom. The summed E-state index contributed by atoms with van der Waals surface area (Å²) >= 11 is 12.0. The van der Waals surface area contributed by atoms with Gasteiger partial charge in [0.2, 0.25) is 0 Å². The summed E-state index contributed by atoms with van der Waals surface area (Å²) in [6, 6.07) is 0. The number of alkyl halides is 2. The second-order valence-corrected chi connectivity index (χ2v) is 4.24. The van der Waals surface area contributed by atoms with Crippen molar-refractivity contribution in [2.75, 3.05) is 7.11 Å². The lowest BCUT2D eigenvalue weighted by atomic mass is 10.4. The summed E-state index contributed by atoms with van der Waals surface area (Å²) in [6.07, 6.45) is -0.751. The van der Waals surface area contributed by atoms with Crippen molar-refractivity contribution >= 4 is 47.2 Å². The molecular weight excluding hydrogens is 225 g/mol. The fourth-order valence-corrected chi connectivity index (χ4v) is 2.09. The van der Waals surface area contributed by atoms with Crippen LogP contribution in [-0.2, 0) is 9.53 Å². The molecule has 1 rings (SSSR count). The predicted molar refractivity (Wildman–Crippen MR) is 46.1 cm³/mol. The van der Waals surface area contributed by atoms with E-state index in [1.165, 1.54) is 7.11 Å². The molecule has 1 saturated heterocycles. The Morgan fingerprint density at radius 1 is 1.67 bits per heavy atom. The number of carbonyl (C=O) groups excluding carboxylic acids is 2. The molecule has 0 bridgehead atoms. The quantitative estimate of drug-likeness (QED) is 0.466. The summed E-state index contributed by atoms with van der Waals surface area (Å²) in [6.45, 7) is 0. The molecule has 1 fully saturated rings. The number of halogens is 2. The van der Waals surface area contributed by atoms with E-state index < -0.39 is 22.1 Å². The van der Waals surface area contributed by atoms with Crippen molar-refractivity contribution < 1.29 is 14.3 Å². The van der Waals surface area contributed by atoms with Gasteiger partial charge in [-0.2, -0.15) is 4.31 Å². The fourth-order valence-electron chi connectivity index (χ4n) is 0.646. The minimum atomic E-state index is -0.865. The van der Waals surface area contributed by atoms with E-state index in [9.17, 15) is 9.59 Å². The van der Waals surface area contributed by atoms with Gasteiger partial charge >= 0.3 is 6.09 Å². The van der Waals surface area contributed by atoms with E-state index in [0.29, 0.717) is 0 Å². The Balaban J connectivity index is 2.71. The molecule has 68 valence electrons. The third-order valence-corrected chi connectivity index (χ3v) is 3.43. The first-order chi connectivity index (χ1) is 5.57. The predicted octanol–water partition coefficient (Wildman–Crippen LogP) is 1.42. The van der Waals surface area contributed by atoms with Gasteiger partial charge in [0, 0.05) is 0 Å². The second kappa shape index (κ2) is 3.72. The van der Waals surface area contributed by atoms with Crippen LogP contribution in [0.3, 0.4) is 0 Å². The topological polar surface area (TPSA) is 46.6 Å². The molecule has 1 aliphatic heterocycles. The van der Waals surface area contributed by atoms with Crippen molar-refractivity contribution in [3.05, 3.63) is 0 Å². The van der Waals surface area contributed by atoms with Crippen molar-refractivity contribution in [2.24, 2.45) is 0 Å². The highest BCUT2D eigenvalue weighted by molar-refractivity contribution is 8.00. The van der Waals surface area contributed by atoms with Gasteiger partial charge in [0.05, 0.1) is 7.11 Å². The molecule has 0 radical (unpaired) electrons. The van der Waals surface area contributed by atoms with E-state index >= 15 is 0 Å². The monoisotopic (exact) mass is 229 g/mol. The van der Waals surface area contributed by atoms with Crippen molar-refractivity contribution in [2.45, 2.75) is 10.1 Å². The first-order valence-electron chi connectivity index (χ1n) is 2.94. The van der Waals surface area contributed by atoms with E-state index in [0.717, 1.165) is 16.3 Å². The van der Waals surface area contributed by atoms with Crippen LogP contribution in [0.25, 0.3) is 0 Å². The van der Waals surface area contributed by atoms with Crippen molar-refractivity contribution in [1.82, 2.24) is 4.31 Å². The molecule has 1 heterocycles. The fraction of sp³-hybridized carbons (Fsp3) is 0.600. The first kappa shape index (κ1) is 9.95. The number of imide groups is 1. The van der Waals surface area contributed by atoms with Crippen LogP contribution in [0.15, 0.2) is 0 Å². The molecule has 0 spiro atoms. The Hall–Kier alpha value is -0.130. The first-order valence-corrected chi connectivity index (χ1v) is 4.65. The maximum Gasteiger partial charge on any atom is 0.426 e. The van der Waals surface area contributed by atoms with E-state index in [1.807, 2.05) is 0 Å². The zero-order valence-electron chi connectivity index (χ0n) is 5.99. The lowest BCUT2D eigenvalue weighted by molar-refractivity contribution is -0.123. The van der Waals surface area contributed by atoms with Gasteiger partial charge in [-0.15, -0.1) is 23.2 Å². The third kappa shape index (κ3) is 1.62. The zero-order chi connectivity index (χ0) is 9.30. The Morgan fingerprint density at radius 2 is 2.25 bits per heavy atom. The molecule has 1 aliphatic rings. The smallest absolute Gasteiger partial charge is 0.426 e. The Bertz CT molecular complexity index is 225. The van der Waals surface area contributed by atoms with Gasteiger partial charge in [-0.3, -0.25) is 4.79 Å². The molecule has 2 amide bonds. The molecule has 2 atom stereocenters. The van der Waals surface area contributed by atoms with Gasteiger partial charge < -0.3 is 4.74 Å². The van der Waals surface area contributed by atoms with Crippen LogP contribution in [0, 0.1) is 0 Å². The van der Waals surface area contributed by atoms with E-state index in [2.05, 4.69) is 4.74 Å².